The second-order valence-electron chi connectivity index (χ2n) is 4.05. The van der Waals surface area contributed by atoms with Gasteiger partial charge in [0, 0.05) is 36.2 Å². The van der Waals surface area contributed by atoms with Gasteiger partial charge in [0.05, 0.1) is 0 Å². The highest BCUT2D eigenvalue weighted by atomic mass is 79.9. The van der Waals surface area contributed by atoms with E-state index in [1.807, 2.05) is 13.0 Å². The van der Waals surface area contributed by atoms with Gasteiger partial charge in [0.2, 0.25) is 5.91 Å². The van der Waals surface area contributed by atoms with E-state index in [4.69, 9.17) is 5.11 Å². The maximum Gasteiger partial charge on any atom is 0.228 e. The predicted octanol–water partition coefficient (Wildman–Crippen LogP) is 1.50. The van der Waals surface area contributed by atoms with Gasteiger partial charge in [-0.1, -0.05) is 0 Å². The summed E-state index contributed by atoms with van der Waals surface area (Å²) in [4.78, 5) is 17.7. The molecular weight excluding hydrogens is 272 g/mol. The van der Waals surface area contributed by atoms with Crippen molar-refractivity contribution in [2.75, 3.05) is 18.1 Å². The number of aryl methyl sites for hydroxylation is 1. The highest BCUT2D eigenvalue weighted by Crippen LogP contribution is 2.27. The first-order valence-corrected chi connectivity index (χ1v) is 5.94. The molecule has 0 spiro atoms. The topological polar surface area (TPSA) is 53.4 Å². The number of aromatic nitrogens is 1. The second-order valence-corrected chi connectivity index (χ2v) is 4.97. The van der Waals surface area contributed by atoms with Crippen molar-refractivity contribution in [3.63, 3.8) is 0 Å². The molecule has 0 radical (unpaired) electrons. The van der Waals surface area contributed by atoms with E-state index in [0.717, 1.165) is 10.0 Å². The molecule has 2 heterocycles. The Bertz CT molecular complexity index is 422. The highest BCUT2D eigenvalue weighted by Gasteiger charge is 2.31. The van der Waals surface area contributed by atoms with Crippen LogP contribution in [-0.2, 0) is 4.79 Å². The van der Waals surface area contributed by atoms with Crippen molar-refractivity contribution < 1.29 is 9.90 Å². The first-order valence-electron chi connectivity index (χ1n) is 5.15. The van der Waals surface area contributed by atoms with Crippen molar-refractivity contribution in [1.29, 1.82) is 0 Å². The van der Waals surface area contributed by atoms with E-state index in [-0.39, 0.29) is 18.4 Å². The molecule has 0 aliphatic carbocycles. The molecule has 1 saturated heterocycles. The van der Waals surface area contributed by atoms with E-state index in [1.54, 1.807) is 11.1 Å². The zero-order valence-corrected chi connectivity index (χ0v) is 10.6. The number of carbonyl (C=O) groups excluding carboxylic acids is 1. The molecule has 1 aromatic rings. The largest absolute Gasteiger partial charge is 0.396 e. The Morgan fingerprint density at radius 3 is 3.00 bits per heavy atom. The molecule has 1 N–H and O–H groups in total. The third kappa shape index (κ3) is 2.10. The van der Waals surface area contributed by atoms with Crippen LogP contribution in [0.4, 0.5) is 5.82 Å². The van der Waals surface area contributed by atoms with E-state index in [0.29, 0.717) is 18.8 Å². The van der Waals surface area contributed by atoms with Crippen molar-refractivity contribution in [1.82, 2.24) is 4.98 Å². The number of hydrogen-bond acceptors (Lipinski definition) is 3. The summed E-state index contributed by atoms with van der Waals surface area (Å²) in [6, 6.07) is 1.93. The Labute approximate surface area is 102 Å². The molecule has 1 aromatic heterocycles. The number of rotatable bonds is 2. The summed E-state index contributed by atoms with van der Waals surface area (Å²) in [5.41, 5.74) is 0.960. The lowest BCUT2D eigenvalue weighted by Crippen LogP contribution is -2.26. The van der Waals surface area contributed by atoms with Gasteiger partial charge in [-0.25, -0.2) is 4.98 Å². The molecule has 0 saturated carbocycles. The Hall–Kier alpha value is -0.940. The van der Waals surface area contributed by atoms with Crippen LogP contribution in [0.2, 0.25) is 0 Å². The molecule has 1 fully saturated rings. The molecule has 1 aliphatic heterocycles. The van der Waals surface area contributed by atoms with E-state index in [9.17, 15) is 4.79 Å². The standard InChI is InChI=1S/C11H13BrN2O2/c1-7-2-9(12)4-13-11(7)14-5-8(6-15)3-10(14)16/h2,4,8,15H,3,5-6H2,1H3. The van der Waals surface area contributed by atoms with Gasteiger partial charge in [-0.05, 0) is 34.5 Å². The number of amides is 1. The average Bonchev–Trinajstić information content (AvgIpc) is 2.60. The lowest BCUT2D eigenvalue weighted by molar-refractivity contribution is -0.117. The molecule has 4 nitrogen and oxygen atoms in total. The van der Waals surface area contributed by atoms with Crippen LogP contribution >= 0.6 is 15.9 Å². The predicted molar refractivity (Wildman–Crippen MR) is 64.2 cm³/mol. The lowest BCUT2D eigenvalue weighted by atomic mass is 10.1. The van der Waals surface area contributed by atoms with Crippen LogP contribution in [0.25, 0.3) is 0 Å². The first-order chi connectivity index (χ1) is 7.61. The maximum absolute atomic E-state index is 11.7. The number of aliphatic hydroxyl groups excluding tert-OH is 1. The summed E-state index contributed by atoms with van der Waals surface area (Å²) in [6.07, 6.45) is 2.09. The summed E-state index contributed by atoms with van der Waals surface area (Å²) in [5.74, 6) is 0.776. The summed E-state index contributed by atoms with van der Waals surface area (Å²) in [7, 11) is 0. The van der Waals surface area contributed by atoms with E-state index in [2.05, 4.69) is 20.9 Å². The van der Waals surface area contributed by atoms with E-state index < -0.39 is 0 Å². The fourth-order valence-corrected chi connectivity index (χ4v) is 2.37. The Balaban J connectivity index is 2.28. The van der Waals surface area contributed by atoms with Crippen LogP contribution in [0.5, 0.6) is 0 Å². The van der Waals surface area contributed by atoms with Crippen LogP contribution < -0.4 is 4.90 Å². The molecule has 1 atom stereocenters. The van der Waals surface area contributed by atoms with Crippen molar-refractivity contribution in [3.05, 3.63) is 22.3 Å². The Morgan fingerprint density at radius 2 is 2.44 bits per heavy atom. The fraction of sp³-hybridized carbons (Fsp3) is 0.455. The second kappa shape index (κ2) is 4.51. The van der Waals surface area contributed by atoms with Crippen LogP contribution in [0.1, 0.15) is 12.0 Å². The third-order valence-electron chi connectivity index (χ3n) is 2.74. The number of nitrogens with zero attached hydrogens (tertiary/aromatic N) is 2. The van der Waals surface area contributed by atoms with Gasteiger partial charge in [0.15, 0.2) is 0 Å². The number of pyridine rings is 1. The zero-order valence-electron chi connectivity index (χ0n) is 8.98. The maximum atomic E-state index is 11.7. The minimum absolute atomic E-state index is 0.0389. The molecule has 5 heteroatoms. The molecule has 1 amide bonds. The van der Waals surface area contributed by atoms with Crippen LogP contribution in [0.3, 0.4) is 0 Å². The number of anilines is 1. The average molecular weight is 285 g/mol. The SMILES string of the molecule is Cc1cc(Br)cnc1N1CC(CO)CC1=O. The highest BCUT2D eigenvalue weighted by molar-refractivity contribution is 9.10. The number of aliphatic hydroxyl groups is 1. The van der Waals surface area contributed by atoms with Crippen molar-refractivity contribution in [3.8, 4) is 0 Å². The molecular formula is C11H13BrN2O2. The van der Waals surface area contributed by atoms with Crippen LogP contribution in [-0.4, -0.2) is 29.1 Å². The quantitative estimate of drug-likeness (QED) is 0.896. The lowest BCUT2D eigenvalue weighted by Gasteiger charge is -2.17. The van der Waals surface area contributed by atoms with Crippen molar-refractivity contribution in [2.45, 2.75) is 13.3 Å². The molecule has 0 aromatic carbocycles. The van der Waals surface area contributed by atoms with Gasteiger partial charge < -0.3 is 5.11 Å². The van der Waals surface area contributed by atoms with Crippen LogP contribution in [0.15, 0.2) is 16.7 Å². The number of carbonyl (C=O) groups is 1. The minimum Gasteiger partial charge on any atom is -0.396 e. The van der Waals surface area contributed by atoms with Crippen molar-refractivity contribution >= 4 is 27.7 Å². The molecule has 2 rings (SSSR count). The Morgan fingerprint density at radius 1 is 1.69 bits per heavy atom. The summed E-state index contributed by atoms with van der Waals surface area (Å²) in [5, 5.41) is 9.06. The molecule has 0 bridgehead atoms. The normalized spacial score (nSPS) is 20.6. The summed E-state index contributed by atoms with van der Waals surface area (Å²) < 4.78 is 0.902. The summed E-state index contributed by atoms with van der Waals surface area (Å²) in [6.45, 7) is 2.54. The third-order valence-corrected chi connectivity index (χ3v) is 3.17. The molecule has 1 unspecified atom stereocenters. The zero-order chi connectivity index (χ0) is 11.7. The number of halogens is 1. The monoisotopic (exact) mass is 284 g/mol. The van der Waals surface area contributed by atoms with E-state index >= 15 is 0 Å². The van der Waals surface area contributed by atoms with E-state index in [1.165, 1.54) is 0 Å². The van der Waals surface area contributed by atoms with Gasteiger partial charge in [-0.2, -0.15) is 0 Å². The Kier molecular flexibility index (Phi) is 3.25. The minimum atomic E-state index is 0.0389. The van der Waals surface area contributed by atoms with Gasteiger partial charge in [0.25, 0.3) is 0 Å². The van der Waals surface area contributed by atoms with Gasteiger partial charge in [-0.3, -0.25) is 9.69 Å². The van der Waals surface area contributed by atoms with Crippen molar-refractivity contribution in [2.24, 2.45) is 5.92 Å². The smallest absolute Gasteiger partial charge is 0.228 e. The van der Waals surface area contributed by atoms with Gasteiger partial charge in [0.1, 0.15) is 5.82 Å². The fourth-order valence-electron chi connectivity index (χ4n) is 1.92. The van der Waals surface area contributed by atoms with Gasteiger partial charge in [-0.15, -0.1) is 0 Å². The summed E-state index contributed by atoms with van der Waals surface area (Å²) >= 11 is 3.34. The van der Waals surface area contributed by atoms with Crippen LogP contribution in [0, 0.1) is 12.8 Å². The van der Waals surface area contributed by atoms with Gasteiger partial charge >= 0.3 is 0 Å². The molecule has 1 aliphatic rings. The molecule has 16 heavy (non-hydrogen) atoms. The number of hydrogen-bond donors (Lipinski definition) is 1. The molecule has 86 valence electrons. The first kappa shape index (κ1) is 11.5.